The number of methoxy groups -OCH3 is 1. The van der Waals surface area contributed by atoms with Crippen LogP contribution in [0.15, 0.2) is 42.5 Å². The molecule has 6 nitrogen and oxygen atoms in total. The smallest absolute Gasteiger partial charge is 0.336 e. The van der Waals surface area contributed by atoms with Gasteiger partial charge in [-0.05, 0) is 48.9 Å². The van der Waals surface area contributed by atoms with Crippen molar-refractivity contribution in [3.05, 3.63) is 53.6 Å². The van der Waals surface area contributed by atoms with Crippen molar-refractivity contribution >= 4 is 17.8 Å². The molecule has 0 aliphatic heterocycles. The lowest BCUT2D eigenvalue weighted by molar-refractivity contribution is -0.128. The molecule has 24 heavy (non-hydrogen) atoms. The zero-order valence-electron chi connectivity index (χ0n) is 13.1. The highest BCUT2D eigenvalue weighted by molar-refractivity contribution is 5.98. The maximum Gasteiger partial charge on any atom is 0.336 e. The van der Waals surface area contributed by atoms with Crippen LogP contribution in [0.2, 0.25) is 0 Å². The summed E-state index contributed by atoms with van der Waals surface area (Å²) >= 11 is 0. The van der Waals surface area contributed by atoms with Gasteiger partial charge in [-0.15, -0.1) is 0 Å². The second-order valence-corrected chi connectivity index (χ2v) is 4.92. The normalized spacial score (nSPS) is 10.6. The summed E-state index contributed by atoms with van der Waals surface area (Å²) in [5.74, 6) is -0.767. The molecule has 2 rings (SSSR count). The van der Waals surface area contributed by atoms with E-state index < -0.39 is 5.97 Å². The topological polar surface area (TPSA) is 93.1 Å². The summed E-state index contributed by atoms with van der Waals surface area (Å²) < 4.78 is 10.1. The molecule has 2 aromatic rings. The van der Waals surface area contributed by atoms with Crippen LogP contribution in [0.3, 0.4) is 0 Å². The van der Waals surface area contributed by atoms with Crippen LogP contribution in [0.25, 0.3) is 6.08 Å². The molecule has 0 heterocycles. The number of ether oxygens (including phenoxy) is 2. The van der Waals surface area contributed by atoms with Gasteiger partial charge in [-0.1, -0.05) is 6.07 Å². The number of carbonyl (C=O) groups is 2. The second kappa shape index (κ2) is 7.32. The van der Waals surface area contributed by atoms with E-state index in [1.54, 1.807) is 12.1 Å². The van der Waals surface area contributed by atoms with Crippen molar-refractivity contribution in [3.8, 4) is 23.0 Å². The minimum Gasteiger partial charge on any atom is -0.508 e. The van der Waals surface area contributed by atoms with E-state index >= 15 is 0 Å². The number of phenolic OH excluding ortho intramolecular Hbond substituents is 2. The SMILES string of the molecule is COc1cc(/C=C/C(=O)Oc2ccc(O)cc2C(C)=O)ccc1O. The number of rotatable bonds is 5. The van der Waals surface area contributed by atoms with Crippen molar-refractivity contribution in [1.29, 1.82) is 0 Å². The van der Waals surface area contributed by atoms with Crippen LogP contribution in [0.4, 0.5) is 0 Å². The van der Waals surface area contributed by atoms with E-state index in [4.69, 9.17) is 9.47 Å². The molecular formula is C18H16O6. The van der Waals surface area contributed by atoms with Crippen LogP contribution >= 0.6 is 0 Å². The Morgan fingerprint density at radius 2 is 1.79 bits per heavy atom. The first-order valence-electron chi connectivity index (χ1n) is 7.01. The Morgan fingerprint density at radius 1 is 1.04 bits per heavy atom. The summed E-state index contributed by atoms with van der Waals surface area (Å²) in [6.07, 6.45) is 2.67. The monoisotopic (exact) mass is 328 g/mol. The molecule has 124 valence electrons. The molecule has 0 saturated carbocycles. The molecular weight excluding hydrogens is 312 g/mol. The standard InChI is InChI=1S/C18H16O6/c1-11(19)14-10-13(20)5-7-16(14)24-18(22)8-4-12-3-6-15(21)17(9-12)23-2/h3-10,20-21H,1-2H3/b8-4+. The van der Waals surface area contributed by atoms with Crippen LogP contribution in [0.5, 0.6) is 23.0 Å². The second-order valence-electron chi connectivity index (χ2n) is 4.92. The molecule has 0 amide bonds. The third-order valence-electron chi connectivity index (χ3n) is 3.17. The van der Waals surface area contributed by atoms with Crippen LogP contribution in [-0.2, 0) is 4.79 Å². The number of aromatic hydroxyl groups is 2. The minimum atomic E-state index is -0.685. The van der Waals surface area contributed by atoms with E-state index in [1.165, 1.54) is 50.5 Å². The zero-order valence-corrected chi connectivity index (χ0v) is 13.1. The fraction of sp³-hybridized carbons (Fsp3) is 0.111. The number of carbonyl (C=O) groups excluding carboxylic acids is 2. The lowest BCUT2D eigenvalue weighted by atomic mass is 10.1. The summed E-state index contributed by atoms with van der Waals surface area (Å²) in [6, 6.07) is 8.51. The van der Waals surface area contributed by atoms with E-state index in [-0.39, 0.29) is 34.3 Å². The summed E-state index contributed by atoms with van der Waals surface area (Å²) in [5, 5.41) is 18.9. The van der Waals surface area contributed by atoms with Crippen molar-refractivity contribution in [2.24, 2.45) is 0 Å². The number of Topliss-reactive ketones (excluding diaryl/α,β-unsaturated/α-hetero) is 1. The maximum atomic E-state index is 11.9. The fourth-order valence-electron chi connectivity index (χ4n) is 1.99. The van der Waals surface area contributed by atoms with E-state index in [9.17, 15) is 19.8 Å². The first-order valence-corrected chi connectivity index (χ1v) is 7.01. The molecule has 0 fully saturated rings. The van der Waals surface area contributed by atoms with E-state index in [1.807, 2.05) is 0 Å². The predicted octanol–water partition coefficient (Wildman–Crippen LogP) is 2.93. The van der Waals surface area contributed by atoms with Crippen LogP contribution in [0.1, 0.15) is 22.8 Å². The minimum absolute atomic E-state index is 0.00702. The van der Waals surface area contributed by atoms with E-state index in [0.29, 0.717) is 5.56 Å². The number of phenols is 2. The van der Waals surface area contributed by atoms with Crippen molar-refractivity contribution < 1.29 is 29.3 Å². The van der Waals surface area contributed by atoms with Gasteiger partial charge in [0.1, 0.15) is 11.5 Å². The zero-order chi connectivity index (χ0) is 17.7. The molecule has 0 spiro atoms. The lowest BCUT2D eigenvalue weighted by Crippen LogP contribution is -2.07. The van der Waals surface area contributed by atoms with Gasteiger partial charge in [-0.25, -0.2) is 4.79 Å². The van der Waals surface area contributed by atoms with Gasteiger partial charge in [-0.3, -0.25) is 4.79 Å². The van der Waals surface area contributed by atoms with Gasteiger partial charge in [0, 0.05) is 6.08 Å². The maximum absolute atomic E-state index is 11.9. The van der Waals surface area contributed by atoms with Crippen molar-refractivity contribution in [2.75, 3.05) is 7.11 Å². The number of esters is 1. The molecule has 0 bridgehead atoms. The summed E-state index contributed by atoms with van der Waals surface area (Å²) in [6.45, 7) is 1.31. The molecule has 2 aromatic carbocycles. The van der Waals surface area contributed by atoms with Gasteiger partial charge in [0.05, 0.1) is 12.7 Å². The number of benzene rings is 2. The molecule has 6 heteroatoms. The first-order chi connectivity index (χ1) is 11.4. The largest absolute Gasteiger partial charge is 0.508 e. The predicted molar refractivity (Wildman–Crippen MR) is 87.4 cm³/mol. The van der Waals surface area contributed by atoms with Gasteiger partial charge in [0.2, 0.25) is 0 Å². The Hall–Kier alpha value is -3.28. The van der Waals surface area contributed by atoms with E-state index in [2.05, 4.69) is 0 Å². The third kappa shape index (κ3) is 4.13. The summed E-state index contributed by atoms with van der Waals surface area (Å²) in [7, 11) is 1.42. The number of hydrogen-bond acceptors (Lipinski definition) is 6. The Labute approximate surface area is 138 Å². The first kappa shape index (κ1) is 17.1. The molecule has 0 radical (unpaired) electrons. The van der Waals surface area contributed by atoms with E-state index in [0.717, 1.165) is 0 Å². The Bertz CT molecular complexity index is 807. The third-order valence-corrected chi connectivity index (χ3v) is 3.17. The van der Waals surface area contributed by atoms with Gasteiger partial charge < -0.3 is 19.7 Å². The van der Waals surface area contributed by atoms with Gasteiger partial charge in [0.25, 0.3) is 0 Å². The molecule has 2 N–H and O–H groups in total. The molecule has 0 aliphatic rings. The van der Waals surface area contributed by atoms with Crippen molar-refractivity contribution in [3.63, 3.8) is 0 Å². The highest BCUT2D eigenvalue weighted by Gasteiger charge is 2.12. The quantitative estimate of drug-likeness (QED) is 0.379. The molecule has 0 saturated heterocycles. The molecule has 0 atom stereocenters. The molecule has 0 aromatic heterocycles. The average molecular weight is 328 g/mol. The highest BCUT2D eigenvalue weighted by Crippen LogP contribution is 2.27. The number of hydrogen-bond donors (Lipinski definition) is 2. The molecule has 0 aliphatic carbocycles. The van der Waals surface area contributed by atoms with Crippen molar-refractivity contribution in [1.82, 2.24) is 0 Å². The summed E-state index contributed by atoms with van der Waals surface area (Å²) in [5.41, 5.74) is 0.738. The lowest BCUT2D eigenvalue weighted by Gasteiger charge is -2.07. The number of ketones is 1. The highest BCUT2D eigenvalue weighted by atomic mass is 16.5. The van der Waals surface area contributed by atoms with Crippen LogP contribution in [-0.4, -0.2) is 29.1 Å². The Balaban J connectivity index is 2.15. The van der Waals surface area contributed by atoms with Gasteiger partial charge in [-0.2, -0.15) is 0 Å². The van der Waals surface area contributed by atoms with Crippen LogP contribution in [0, 0.1) is 0 Å². The van der Waals surface area contributed by atoms with Gasteiger partial charge >= 0.3 is 5.97 Å². The van der Waals surface area contributed by atoms with Crippen molar-refractivity contribution in [2.45, 2.75) is 6.92 Å². The molecule has 0 unspecified atom stereocenters. The summed E-state index contributed by atoms with van der Waals surface area (Å²) in [4.78, 5) is 23.4. The van der Waals surface area contributed by atoms with Crippen LogP contribution < -0.4 is 9.47 Å². The van der Waals surface area contributed by atoms with Gasteiger partial charge in [0.15, 0.2) is 17.3 Å². The fourth-order valence-corrected chi connectivity index (χ4v) is 1.99. The Kier molecular flexibility index (Phi) is 5.21. The Morgan fingerprint density at radius 3 is 2.46 bits per heavy atom. The average Bonchev–Trinajstić information content (AvgIpc) is 2.55.